The molecule has 1 aromatic carbocycles. The summed E-state index contributed by atoms with van der Waals surface area (Å²) in [6, 6.07) is 2.36. The van der Waals surface area contributed by atoms with Gasteiger partial charge in [0.15, 0.2) is 5.82 Å². The van der Waals surface area contributed by atoms with Gasteiger partial charge in [-0.1, -0.05) is 31.0 Å². The number of hydrogen-bond acceptors (Lipinski definition) is 6. The van der Waals surface area contributed by atoms with Crippen LogP contribution in [0.1, 0.15) is 69.7 Å². The van der Waals surface area contributed by atoms with Crippen LogP contribution in [-0.4, -0.2) is 91.2 Å². The molecule has 0 atom stereocenters. The number of amides is 1. The SMILES string of the molecule is C=CC(=O)N1CC2(CC(n3nc(N4CCN(CC(C)(C)O)CC45CCCC5)c(-c4c(Cl)c(C)cc5[nH]ncc45)c3C)C2)C1. The van der Waals surface area contributed by atoms with Crippen LogP contribution in [0, 0.1) is 19.3 Å². The number of likely N-dealkylation sites (tertiary alicyclic amines) is 1. The van der Waals surface area contributed by atoms with E-state index in [1.165, 1.54) is 18.9 Å². The third-order valence-corrected chi connectivity index (χ3v) is 11.1. The van der Waals surface area contributed by atoms with Gasteiger partial charge >= 0.3 is 0 Å². The fourth-order valence-electron chi connectivity index (χ4n) is 8.74. The van der Waals surface area contributed by atoms with Gasteiger partial charge in [-0.25, -0.2) is 0 Å². The molecule has 4 heterocycles. The minimum atomic E-state index is -0.735. The van der Waals surface area contributed by atoms with Crippen molar-refractivity contribution in [2.45, 2.75) is 83.4 Å². The van der Waals surface area contributed by atoms with Crippen molar-refractivity contribution in [3.63, 3.8) is 0 Å². The van der Waals surface area contributed by atoms with Crippen LogP contribution in [0.2, 0.25) is 5.02 Å². The topological polar surface area (TPSA) is 93.5 Å². The first-order chi connectivity index (χ1) is 20.4. The Morgan fingerprint density at radius 2 is 1.91 bits per heavy atom. The number of benzene rings is 1. The maximum Gasteiger partial charge on any atom is 0.245 e. The molecule has 2 N–H and O–H groups in total. The first kappa shape index (κ1) is 28.9. The van der Waals surface area contributed by atoms with E-state index in [-0.39, 0.29) is 22.9 Å². The van der Waals surface area contributed by atoms with E-state index in [1.807, 2.05) is 24.9 Å². The molecule has 230 valence electrons. The van der Waals surface area contributed by atoms with Gasteiger partial charge in [-0.3, -0.25) is 19.5 Å². The number of fused-ring (bicyclic) bond motifs is 1. The van der Waals surface area contributed by atoms with Gasteiger partial charge in [-0.15, -0.1) is 0 Å². The predicted octanol–water partition coefficient (Wildman–Crippen LogP) is 5.25. The van der Waals surface area contributed by atoms with E-state index >= 15 is 0 Å². The highest BCUT2D eigenvalue weighted by Gasteiger charge is 2.55. The average molecular weight is 606 g/mol. The largest absolute Gasteiger partial charge is 0.389 e. The zero-order chi connectivity index (χ0) is 30.3. The number of aromatic nitrogens is 4. The lowest BCUT2D eigenvalue weighted by molar-refractivity contribution is -0.149. The first-order valence-corrected chi connectivity index (χ1v) is 16.2. The Morgan fingerprint density at radius 3 is 2.58 bits per heavy atom. The molecule has 2 spiro atoms. The summed E-state index contributed by atoms with van der Waals surface area (Å²) in [5, 5.41) is 25.5. The molecule has 10 heteroatoms. The number of carbonyl (C=O) groups excluding carboxylic acids is 1. The summed E-state index contributed by atoms with van der Waals surface area (Å²) in [5.74, 6) is 1.05. The van der Waals surface area contributed by atoms with Crippen molar-refractivity contribution in [2.24, 2.45) is 5.41 Å². The van der Waals surface area contributed by atoms with Crippen LogP contribution in [-0.2, 0) is 4.79 Å². The Hall–Kier alpha value is -2.88. The minimum absolute atomic E-state index is 0.0257. The lowest BCUT2D eigenvalue weighted by Gasteiger charge is -2.58. The summed E-state index contributed by atoms with van der Waals surface area (Å²) in [5.41, 5.74) is 4.67. The molecule has 9 nitrogen and oxygen atoms in total. The Kier molecular flexibility index (Phi) is 6.76. The maximum atomic E-state index is 12.1. The molecule has 4 aliphatic rings. The number of halogens is 1. The van der Waals surface area contributed by atoms with E-state index < -0.39 is 5.60 Å². The van der Waals surface area contributed by atoms with Crippen LogP contribution in [0.15, 0.2) is 24.9 Å². The molecule has 0 unspecified atom stereocenters. The molecule has 2 aliphatic heterocycles. The van der Waals surface area contributed by atoms with Crippen LogP contribution in [0.5, 0.6) is 0 Å². The third-order valence-electron chi connectivity index (χ3n) is 10.6. The summed E-state index contributed by atoms with van der Waals surface area (Å²) < 4.78 is 2.27. The Bertz CT molecular complexity index is 1580. The van der Waals surface area contributed by atoms with Crippen molar-refractivity contribution >= 4 is 34.2 Å². The summed E-state index contributed by atoms with van der Waals surface area (Å²) >= 11 is 7.19. The van der Waals surface area contributed by atoms with E-state index in [1.54, 1.807) is 0 Å². The highest BCUT2D eigenvalue weighted by atomic mass is 35.5. The number of aromatic amines is 1. The number of nitrogens with zero attached hydrogens (tertiary/aromatic N) is 6. The van der Waals surface area contributed by atoms with Crippen LogP contribution in [0.3, 0.4) is 0 Å². The average Bonchev–Trinajstić information content (AvgIpc) is 3.63. The van der Waals surface area contributed by atoms with Crippen molar-refractivity contribution in [2.75, 3.05) is 44.2 Å². The quantitative estimate of drug-likeness (QED) is 0.373. The molecule has 1 amide bonds. The number of H-pyrrole nitrogens is 1. The molecule has 43 heavy (non-hydrogen) atoms. The normalized spacial score (nSPS) is 22.0. The number of nitrogens with one attached hydrogen (secondary N) is 1. The second-order valence-electron chi connectivity index (χ2n) is 14.5. The number of hydrogen-bond donors (Lipinski definition) is 2. The van der Waals surface area contributed by atoms with E-state index in [0.29, 0.717) is 6.54 Å². The molecule has 2 aliphatic carbocycles. The number of aliphatic hydroxyl groups is 1. The van der Waals surface area contributed by atoms with Crippen molar-refractivity contribution in [1.82, 2.24) is 29.8 Å². The highest BCUT2D eigenvalue weighted by Crippen LogP contribution is 2.56. The molecule has 0 radical (unpaired) electrons. The lowest BCUT2D eigenvalue weighted by Crippen LogP contribution is -2.63. The van der Waals surface area contributed by atoms with Gasteiger partial charge in [0.05, 0.1) is 33.9 Å². The fraction of sp³-hybridized carbons (Fsp3) is 0.606. The Labute approximate surface area is 258 Å². The van der Waals surface area contributed by atoms with Gasteiger partial charge in [0, 0.05) is 66.9 Å². The molecular weight excluding hydrogens is 562 g/mol. The van der Waals surface area contributed by atoms with Gasteiger partial charge in [0.2, 0.25) is 5.91 Å². The summed E-state index contributed by atoms with van der Waals surface area (Å²) in [7, 11) is 0. The van der Waals surface area contributed by atoms with Gasteiger partial charge < -0.3 is 14.9 Å². The molecule has 2 saturated carbocycles. The van der Waals surface area contributed by atoms with Gasteiger partial charge in [-0.2, -0.15) is 10.2 Å². The van der Waals surface area contributed by atoms with Gasteiger partial charge in [-0.05, 0) is 71.1 Å². The van der Waals surface area contributed by atoms with E-state index in [4.69, 9.17) is 16.7 Å². The number of aryl methyl sites for hydroxylation is 1. The highest BCUT2D eigenvalue weighted by molar-refractivity contribution is 6.36. The number of piperazine rings is 1. The zero-order valence-electron chi connectivity index (χ0n) is 25.9. The van der Waals surface area contributed by atoms with Crippen LogP contribution in [0.4, 0.5) is 5.82 Å². The van der Waals surface area contributed by atoms with E-state index in [2.05, 4.69) is 51.2 Å². The Balaban J connectivity index is 1.31. The van der Waals surface area contributed by atoms with Crippen molar-refractivity contribution in [1.29, 1.82) is 0 Å². The molecular formula is C33H44ClN7O2. The molecule has 2 aromatic heterocycles. The van der Waals surface area contributed by atoms with E-state index in [9.17, 15) is 9.90 Å². The summed E-state index contributed by atoms with van der Waals surface area (Å²) in [4.78, 5) is 19.1. The van der Waals surface area contributed by atoms with Crippen LogP contribution >= 0.6 is 11.6 Å². The number of rotatable bonds is 6. The number of carbonyl (C=O) groups is 1. The number of anilines is 1. The summed E-state index contributed by atoms with van der Waals surface area (Å²) in [6.07, 6.45) is 9.97. The maximum absolute atomic E-state index is 12.1. The Morgan fingerprint density at radius 1 is 1.19 bits per heavy atom. The van der Waals surface area contributed by atoms with Gasteiger partial charge in [0.25, 0.3) is 0 Å². The fourth-order valence-corrected chi connectivity index (χ4v) is 8.99. The lowest BCUT2D eigenvalue weighted by atomic mass is 9.60. The molecule has 3 aromatic rings. The van der Waals surface area contributed by atoms with E-state index in [0.717, 1.165) is 103 Å². The second kappa shape index (κ2) is 10.1. The second-order valence-corrected chi connectivity index (χ2v) is 14.9. The zero-order valence-corrected chi connectivity index (χ0v) is 26.7. The number of β-amino-alcohol motifs (C(OH)–C–C–N with tert-alkyl or cyclic N) is 1. The first-order valence-electron chi connectivity index (χ1n) is 15.8. The molecule has 0 bridgehead atoms. The van der Waals surface area contributed by atoms with Gasteiger partial charge in [0.1, 0.15) is 0 Å². The van der Waals surface area contributed by atoms with Crippen molar-refractivity contribution < 1.29 is 9.90 Å². The third kappa shape index (κ3) is 4.70. The summed E-state index contributed by atoms with van der Waals surface area (Å²) in [6.45, 7) is 16.6. The van der Waals surface area contributed by atoms with Crippen LogP contribution < -0.4 is 4.90 Å². The predicted molar refractivity (Wildman–Crippen MR) is 171 cm³/mol. The smallest absolute Gasteiger partial charge is 0.245 e. The molecule has 2 saturated heterocycles. The monoisotopic (exact) mass is 605 g/mol. The van der Waals surface area contributed by atoms with Crippen molar-refractivity contribution in [3.8, 4) is 11.1 Å². The molecule has 7 rings (SSSR count). The van der Waals surface area contributed by atoms with Crippen LogP contribution in [0.25, 0.3) is 22.0 Å². The van der Waals surface area contributed by atoms with Crippen molar-refractivity contribution in [3.05, 3.63) is 41.2 Å². The standard InChI is InChI=1S/C33H44ClN7O2/c1-6-26(42)39-18-32(19-39)14-23(15-32)41-22(3)27(28-24-16-35-36-25(24)13-21(2)29(28)34)30(37-41)40-12-11-38(17-31(4,5)43)20-33(40)9-7-8-10-33/h6,13,16,23,43H,1,7-12,14-15,17-20H2,2-5H3,(H,35,36). The molecule has 4 fully saturated rings. The minimum Gasteiger partial charge on any atom is -0.389 e.